The van der Waals surface area contributed by atoms with Crippen LogP contribution in [-0.2, 0) is 32.7 Å². The van der Waals surface area contributed by atoms with Gasteiger partial charge in [0.15, 0.2) is 6.10 Å². The van der Waals surface area contributed by atoms with E-state index in [0.29, 0.717) is 6.42 Å². The van der Waals surface area contributed by atoms with Crippen LogP contribution < -0.4 is 0 Å². The summed E-state index contributed by atoms with van der Waals surface area (Å²) in [4.78, 5) is 34.7. The summed E-state index contributed by atoms with van der Waals surface area (Å²) in [6.07, 6.45) is 48.4. The Morgan fingerprint density at radius 3 is 1.43 bits per heavy atom. The first kappa shape index (κ1) is 51.8. The maximum absolute atomic E-state index is 12.5. The van der Waals surface area contributed by atoms with Gasteiger partial charge in [-0.25, -0.2) is 4.57 Å². The summed E-state index contributed by atoms with van der Waals surface area (Å²) in [7, 11) is -4.29. The highest BCUT2D eigenvalue weighted by atomic mass is 31.2. The Labute approximate surface area is 330 Å². The minimum atomic E-state index is -4.29. The fourth-order valence-corrected chi connectivity index (χ4v) is 6.43. The van der Waals surface area contributed by atoms with Crippen molar-refractivity contribution >= 4 is 19.8 Å². The predicted molar refractivity (Wildman–Crippen MR) is 225 cm³/mol. The van der Waals surface area contributed by atoms with Gasteiger partial charge in [-0.1, -0.05) is 152 Å². The molecule has 312 valence electrons. The van der Waals surface area contributed by atoms with Crippen LogP contribution in [0.1, 0.15) is 188 Å². The third-order valence-electron chi connectivity index (χ3n) is 8.81. The molecule has 9 heteroatoms. The molecule has 54 heavy (non-hydrogen) atoms. The zero-order chi connectivity index (χ0) is 39.6. The van der Waals surface area contributed by atoms with Crippen LogP contribution in [0.3, 0.4) is 0 Å². The van der Waals surface area contributed by atoms with Crippen molar-refractivity contribution in [3.8, 4) is 0 Å². The van der Waals surface area contributed by atoms with Gasteiger partial charge in [0.25, 0.3) is 0 Å². The molecule has 8 nitrogen and oxygen atoms in total. The number of hydrogen-bond acceptors (Lipinski definition) is 7. The van der Waals surface area contributed by atoms with Crippen molar-refractivity contribution in [3.05, 3.63) is 60.8 Å². The number of phosphoric acid groups is 1. The second kappa shape index (κ2) is 40.4. The van der Waals surface area contributed by atoms with Gasteiger partial charge in [-0.2, -0.15) is 0 Å². The molecular formula is C45H79O8P. The molecule has 0 bridgehead atoms. The Morgan fingerprint density at radius 1 is 0.519 bits per heavy atom. The third kappa shape index (κ3) is 39.4. The van der Waals surface area contributed by atoms with E-state index in [4.69, 9.17) is 18.5 Å². The van der Waals surface area contributed by atoms with Crippen LogP contribution in [0.5, 0.6) is 0 Å². The molecule has 0 saturated carbocycles. The van der Waals surface area contributed by atoms with Gasteiger partial charge in [-0.05, 0) is 84.0 Å². The number of rotatable bonds is 39. The van der Waals surface area contributed by atoms with Crippen LogP contribution in [0.2, 0.25) is 0 Å². The van der Waals surface area contributed by atoms with Crippen LogP contribution in [0.15, 0.2) is 60.8 Å². The van der Waals surface area contributed by atoms with Gasteiger partial charge >= 0.3 is 19.8 Å². The highest BCUT2D eigenvalue weighted by molar-refractivity contribution is 7.47. The molecular weight excluding hydrogens is 699 g/mol. The largest absolute Gasteiger partial charge is 0.472 e. The Hall–Kier alpha value is -2.25. The van der Waals surface area contributed by atoms with E-state index in [-0.39, 0.29) is 32.0 Å². The summed E-state index contributed by atoms with van der Waals surface area (Å²) in [5, 5.41) is 0. The van der Waals surface area contributed by atoms with Gasteiger partial charge in [0.2, 0.25) is 0 Å². The van der Waals surface area contributed by atoms with Crippen LogP contribution in [-0.4, -0.2) is 42.8 Å². The highest BCUT2D eigenvalue weighted by Crippen LogP contribution is 2.43. The first-order valence-electron chi connectivity index (χ1n) is 21.6. The SMILES string of the molecule is CC/C=C\C/C=C\C/C=C\CCCCCCCC(=O)OC(COC(=O)CCCCCCCCCCC/C=C\C/C=C\CCCCC)COP(=O)(O)OCC. The molecule has 0 aliphatic carbocycles. The van der Waals surface area contributed by atoms with Crippen LogP contribution in [0.4, 0.5) is 0 Å². The number of allylic oxidation sites excluding steroid dienone is 10. The molecule has 0 aromatic heterocycles. The van der Waals surface area contributed by atoms with Crippen LogP contribution >= 0.6 is 7.82 Å². The smallest absolute Gasteiger partial charge is 0.462 e. The third-order valence-corrected chi connectivity index (χ3v) is 9.87. The molecule has 0 aliphatic rings. The van der Waals surface area contributed by atoms with Crippen molar-refractivity contribution in [2.75, 3.05) is 19.8 Å². The van der Waals surface area contributed by atoms with Gasteiger partial charge < -0.3 is 14.4 Å². The Morgan fingerprint density at radius 2 is 0.944 bits per heavy atom. The molecule has 0 spiro atoms. The number of carbonyl (C=O) groups excluding carboxylic acids is 2. The zero-order valence-corrected chi connectivity index (χ0v) is 35.5. The number of carbonyl (C=O) groups is 2. The van der Waals surface area contributed by atoms with Gasteiger partial charge in [0.05, 0.1) is 13.2 Å². The lowest BCUT2D eigenvalue weighted by Gasteiger charge is -2.19. The topological polar surface area (TPSA) is 108 Å². The first-order chi connectivity index (χ1) is 26.3. The van der Waals surface area contributed by atoms with E-state index in [0.717, 1.165) is 77.0 Å². The summed E-state index contributed by atoms with van der Waals surface area (Å²) in [5.41, 5.74) is 0. The normalized spacial score (nSPS) is 13.9. The monoisotopic (exact) mass is 779 g/mol. The van der Waals surface area contributed by atoms with E-state index < -0.39 is 26.5 Å². The molecule has 0 amide bonds. The maximum atomic E-state index is 12.5. The van der Waals surface area contributed by atoms with E-state index in [1.807, 2.05) is 0 Å². The molecule has 0 aromatic rings. The summed E-state index contributed by atoms with van der Waals surface area (Å²) < 4.78 is 32.6. The van der Waals surface area contributed by atoms with E-state index in [9.17, 15) is 19.0 Å². The van der Waals surface area contributed by atoms with E-state index in [1.54, 1.807) is 6.92 Å². The quantitative estimate of drug-likeness (QED) is 0.0284. The Bertz CT molecular complexity index is 1060. The zero-order valence-electron chi connectivity index (χ0n) is 34.6. The molecule has 2 unspecified atom stereocenters. The number of unbranched alkanes of at least 4 members (excludes halogenated alkanes) is 17. The maximum Gasteiger partial charge on any atom is 0.472 e. The number of phosphoric ester groups is 1. The lowest BCUT2D eigenvalue weighted by Crippen LogP contribution is -2.29. The average Bonchev–Trinajstić information content (AvgIpc) is 3.15. The molecule has 0 saturated heterocycles. The molecule has 2 atom stereocenters. The molecule has 0 aromatic carbocycles. The van der Waals surface area contributed by atoms with Crippen molar-refractivity contribution in [1.29, 1.82) is 0 Å². The van der Waals surface area contributed by atoms with Gasteiger partial charge in [0.1, 0.15) is 6.61 Å². The van der Waals surface area contributed by atoms with Crippen molar-refractivity contribution in [2.24, 2.45) is 0 Å². The summed E-state index contributed by atoms with van der Waals surface area (Å²) in [6.45, 7) is 5.31. The second-order valence-electron chi connectivity index (χ2n) is 14.0. The lowest BCUT2D eigenvalue weighted by atomic mass is 10.1. The van der Waals surface area contributed by atoms with Gasteiger partial charge in [-0.3, -0.25) is 18.6 Å². The molecule has 0 fully saturated rings. The van der Waals surface area contributed by atoms with Crippen molar-refractivity contribution in [2.45, 2.75) is 194 Å². The minimum Gasteiger partial charge on any atom is -0.462 e. The number of esters is 2. The van der Waals surface area contributed by atoms with Gasteiger partial charge in [0, 0.05) is 12.8 Å². The minimum absolute atomic E-state index is 0.00633. The lowest BCUT2D eigenvalue weighted by molar-refractivity contribution is -0.161. The van der Waals surface area contributed by atoms with E-state index >= 15 is 0 Å². The molecule has 0 aliphatic heterocycles. The summed E-state index contributed by atoms with van der Waals surface area (Å²) in [5.74, 6) is -0.825. The fourth-order valence-electron chi connectivity index (χ4n) is 5.67. The second-order valence-corrected chi connectivity index (χ2v) is 15.4. The Balaban J connectivity index is 4.10. The molecule has 1 N–H and O–H groups in total. The van der Waals surface area contributed by atoms with Crippen molar-refractivity contribution in [1.82, 2.24) is 0 Å². The summed E-state index contributed by atoms with van der Waals surface area (Å²) in [6, 6.07) is 0. The fraction of sp³-hybridized carbons (Fsp3) is 0.733. The summed E-state index contributed by atoms with van der Waals surface area (Å²) >= 11 is 0. The predicted octanol–water partition coefficient (Wildman–Crippen LogP) is 13.6. The number of ether oxygens (including phenoxy) is 2. The van der Waals surface area contributed by atoms with Crippen LogP contribution in [0, 0.1) is 0 Å². The van der Waals surface area contributed by atoms with E-state index in [1.165, 1.54) is 70.6 Å². The molecule has 0 rings (SSSR count). The van der Waals surface area contributed by atoms with Crippen LogP contribution in [0.25, 0.3) is 0 Å². The van der Waals surface area contributed by atoms with Gasteiger partial charge in [-0.15, -0.1) is 0 Å². The molecule has 0 heterocycles. The molecule has 0 radical (unpaired) electrons. The Kier molecular flexibility index (Phi) is 38.7. The first-order valence-corrected chi connectivity index (χ1v) is 23.1. The van der Waals surface area contributed by atoms with Crippen molar-refractivity contribution < 1.29 is 37.6 Å². The van der Waals surface area contributed by atoms with Crippen molar-refractivity contribution in [3.63, 3.8) is 0 Å². The van der Waals surface area contributed by atoms with E-state index in [2.05, 4.69) is 74.6 Å². The highest BCUT2D eigenvalue weighted by Gasteiger charge is 2.25. The number of hydrogen-bond donors (Lipinski definition) is 1. The standard InChI is InChI=1S/C45H79O8P/c1-4-7-9-11-13-15-17-19-21-22-23-24-26-27-29-31-33-35-37-39-44(46)50-41-43(42-52-54(48,49)51-6-3)53-45(47)40-38-36-34-32-30-28-25-20-18-16-14-12-10-8-5-2/h8,10,13-16,19-21,25,43H,4-7,9,11-12,17-18,22-24,26-42H2,1-3H3,(H,48,49)/b10-8-,15-13-,16-14-,21-19-,25-20-. The average molecular weight is 779 g/mol.